The Morgan fingerprint density at radius 2 is 1.87 bits per heavy atom. The SMILES string of the molecule is C[C@H](NC(=O)COC(=O)c1ccncc1)c1ccc(Cl)c(Cl)c1. The standard InChI is InChI=1S/C16H14Cl2N2O3/c1-10(12-2-3-13(17)14(18)8-12)20-15(21)9-23-16(22)11-4-6-19-7-5-11/h2-8,10H,9H2,1H3,(H,20,21)/t10-/m0/s1. The van der Waals surface area contributed by atoms with Crippen LogP contribution in [-0.4, -0.2) is 23.5 Å². The summed E-state index contributed by atoms with van der Waals surface area (Å²) in [7, 11) is 0. The van der Waals surface area contributed by atoms with Crippen LogP contribution in [0.4, 0.5) is 0 Å². The second-order valence-electron chi connectivity index (χ2n) is 4.77. The maximum absolute atomic E-state index is 11.9. The summed E-state index contributed by atoms with van der Waals surface area (Å²) >= 11 is 11.8. The first-order valence-electron chi connectivity index (χ1n) is 6.79. The fourth-order valence-corrected chi connectivity index (χ4v) is 2.16. The molecule has 0 spiro atoms. The van der Waals surface area contributed by atoms with E-state index < -0.39 is 11.9 Å². The van der Waals surface area contributed by atoms with Crippen molar-refractivity contribution in [3.8, 4) is 0 Å². The Balaban J connectivity index is 1.87. The van der Waals surface area contributed by atoms with Gasteiger partial charge in [0.05, 0.1) is 21.7 Å². The predicted octanol–water partition coefficient (Wildman–Crippen LogP) is 3.42. The molecule has 1 heterocycles. The maximum Gasteiger partial charge on any atom is 0.338 e. The number of aromatic nitrogens is 1. The van der Waals surface area contributed by atoms with Gasteiger partial charge in [0.25, 0.3) is 5.91 Å². The number of hydrogen-bond acceptors (Lipinski definition) is 4. The molecular weight excluding hydrogens is 339 g/mol. The van der Waals surface area contributed by atoms with E-state index in [9.17, 15) is 9.59 Å². The molecule has 0 aliphatic carbocycles. The van der Waals surface area contributed by atoms with E-state index in [1.54, 1.807) is 25.1 Å². The van der Waals surface area contributed by atoms with Crippen LogP contribution < -0.4 is 5.32 Å². The number of amides is 1. The monoisotopic (exact) mass is 352 g/mol. The molecule has 23 heavy (non-hydrogen) atoms. The number of hydrogen-bond donors (Lipinski definition) is 1. The fourth-order valence-electron chi connectivity index (χ4n) is 1.85. The van der Waals surface area contributed by atoms with Gasteiger partial charge in [-0.15, -0.1) is 0 Å². The third-order valence-electron chi connectivity index (χ3n) is 3.07. The summed E-state index contributed by atoms with van der Waals surface area (Å²) in [5.74, 6) is -0.990. The molecule has 1 amide bonds. The Hall–Kier alpha value is -2.11. The molecule has 120 valence electrons. The zero-order chi connectivity index (χ0) is 16.8. The summed E-state index contributed by atoms with van der Waals surface area (Å²) < 4.78 is 4.94. The third kappa shape index (κ3) is 4.94. The van der Waals surface area contributed by atoms with E-state index in [1.807, 2.05) is 0 Å². The van der Waals surface area contributed by atoms with Crippen LogP contribution in [0.1, 0.15) is 28.9 Å². The van der Waals surface area contributed by atoms with E-state index in [0.29, 0.717) is 15.6 Å². The summed E-state index contributed by atoms with van der Waals surface area (Å²) in [5, 5.41) is 3.58. The largest absolute Gasteiger partial charge is 0.452 e. The van der Waals surface area contributed by atoms with Crippen molar-refractivity contribution in [3.05, 3.63) is 63.9 Å². The molecule has 1 aromatic carbocycles. The number of rotatable bonds is 5. The second-order valence-corrected chi connectivity index (χ2v) is 5.59. The molecule has 0 saturated carbocycles. The quantitative estimate of drug-likeness (QED) is 0.837. The molecule has 0 bridgehead atoms. The maximum atomic E-state index is 11.9. The van der Waals surface area contributed by atoms with Gasteiger partial charge in [0.2, 0.25) is 0 Å². The third-order valence-corrected chi connectivity index (χ3v) is 3.81. The highest BCUT2D eigenvalue weighted by Gasteiger charge is 2.13. The number of nitrogens with zero attached hydrogens (tertiary/aromatic N) is 1. The Morgan fingerprint density at radius 3 is 2.52 bits per heavy atom. The molecule has 5 nitrogen and oxygen atoms in total. The first kappa shape index (κ1) is 17.2. The van der Waals surface area contributed by atoms with Crippen molar-refractivity contribution in [1.29, 1.82) is 0 Å². The van der Waals surface area contributed by atoms with Gasteiger partial charge >= 0.3 is 5.97 Å². The molecular formula is C16H14Cl2N2O3. The molecule has 1 N–H and O–H groups in total. The minimum Gasteiger partial charge on any atom is -0.452 e. The number of carbonyl (C=O) groups excluding carboxylic acids is 2. The summed E-state index contributed by atoms with van der Waals surface area (Å²) in [5.41, 5.74) is 1.14. The summed E-state index contributed by atoms with van der Waals surface area (Å²) in [6.07, 6.45) is 2.95. The molecule has 2 aromatic rings. The van der Waals surface area contributed by atoms with Crippen LogP contribution >= 0.6 is 23.2 Å². The van der Waals surface area contributed by atoms with Crippen LogP contribution in [0, 0.1) is 0 Å². The van der Waals surface area contributed by atoms with Crippen LogP contribution in [0.5, 0.6) is 0 Å². The van der Waals surface area contributed by atoms with E-state index in [1.165, 1.54) is 24.5 Å². The number of benzene rings is 1. The zero-order valence-electron chi connectivity index (χ0n) is 12.3. The molecule has 1 aromatic heterocycles. The second kappa shape index (κ2) is 7.94. The van der Waals surface area contributed by atoms with Crippen molar-refractivity contribution in [2.75, 3.05) is 6.61 Å². The first-order valence-corrected chi connectivity index (χ1v) is 7.54. The van der Waals surface area contributed by atoms with Crippen LogP contribution in [0.3, 0.4) is 0 Å². The number of pyridine rings is 1. The smallest absolute Gasteiger partial charge is 0.338 e. The molecule has 2 rings (SSSR count). The fraction of sp³-hybridized carbons (Fsp3) is 0.188. The Labute approximate surface area is 143 Å². The number of halogens is 2. The van der Waals surface area contributed by atoms with Gasteiger partial charge < -0.3 is 10.1 Å². The predicted molar refractivity (Wildman–Crippen MR) is 87.5 cm³/mol. The van der Waals surface area contributed by atoms with Gasteiger partial charge in [-0.2, -0.15) is 0 Å². The molecule has 1 atom stereocenters. The topological polar surface area (TPSA) is 68.3 Å². The molecule has 0 saturated heterocycles. The van der Waals surface area contributed by atoms with Crippen molar-refractivity contribution < 1.29 is 14.3 Å². The number of esters is 1. The van der Waals surface area contributed by atoms with E-state index in [2.05, 4.69) is 10.3 Å². The zero-order valence-corrected chi connectivity index (χ0v) is 13.8. The van der Waals surface area contributed by atoms with Crippen molar-refractivity contribution in [3.63, 3.8) is 0 Å². The van der Waals surface area contributed by atoms with Crippen molar-refractivity contribution >= 4 is 35.1 Å². The van der Waals surface area contributed by atoms with Gasteiger partial charge in [0.15, 0.2) is 6.61 Å². The molecule has 0 aliphatic heterocycles. The van der Waals surface area contributed by atoms with Crippen LogP contribution in [-0.2, 0) is 9.53 Å². The normalized spacial score (nSPS) is 11.6. The summed E-state index contributed by atoms with van der Waals surface area (Å²) in [6, 6.07) is 7.83. The average Bonchev–Trinajstić information content (AvgIpc) is 2.55. The Morgan fingerprint density at radius 1 is 1.17 bits per heavy atom. The van der Waals surface area contributed by atoms with Crippen molar-refractivity contribution in [2.45, 2.75) is 13.0 Å². The van der Waals surface area contributed by atoms with Gasteiger partial charge in [-0.1, -0.05) is 29.3 Å². The van der Waals surface area contributed by atoms with Crippen molar-refractivity contribution in [1.82, 2.24) is 10.3 Å². The van der Waals surface area contributed by atoms with E-state index in [-0.39, 0.29) is 12.6 Å². The summed E-state index contributed by atoms with van der Waals surface area (Å²) in [6.45, 7) is 1.43. The van der Waals surface area contributed by atoms with E-state index >= 15 is 0 Å². The van der Waals surface area contributed by atoms with Crippen LogP contribution in [0.15, 0.2) is 42.7 Å². The number of ether oxygens (including phenoxy) is 1. The average molecular weight is 353 g/mol. The molecule has 0 aliphatic rings. The van der Waals surface area contributed by atoms with Gasteiger partial charge in [0.1, 0.15) is 0 Å². The lowest BCUT2D eigenvalue weighted by atomic mass is 10.1. The number of nitrogens with one attached hydrogen (secondary N) is 1. The minimum absolute atomic E-state index is 0.295. The van der Waals surface area contributed by atoms with Gasteiger partial charge in [-0.05, 0) is 36.8 Å². The highest BCUT2D eigenvalue weighted by Crippen LogP contribution is 2.25. The molecule has 0 unspecified atom stereocenters. The minimum atomic E-state index is -0.579. The Bertz CT molecular complexity index is 708. The molecule has 0 fully saturated rings. The highest BCUT2D eigenvalue weighted by molar-refractivity contribution is 6.42. The number of carbonyl (C=O) groups is 2. The van der Waals surface area contributed by atoms with Crippen molar-refractivity contribution in [2.24, 2.45) is 0 Å². The highest BCUT2D eigenvalue weighted by atomic mass is 35.5. The molecule has 0 radical (unpaired) electrons. The lowest BCUT2D eigenvalue weighted by molar-refractivity contribution is -0.124. The van der Waals surface area contributed by atoms with Crippen LogP contribution in [0.25, 0.3) is 0 Å². The lowest BCUT2D eigenvalue weighted by Gasteiger charge is -2.15. The van der Waals surface area contributed by atoms with Gasteiger partial charge in [-0.3, -0.25) is 9.78 Å². The first-order chi connectivity index (χ1) is 11.0. The van der Waals surface area contributed by atoms with Crippen LogP contribution in [0.2, 0.25) is 10.0 Å². The Kier molecular flexibility index (Phi) is 5.96. The van der Waals surface area contributed by atoms with E-state index in [4.69, 9.17) is 27.9 Å². The van der Waals surface area contributed by atoms with Gasteiger partial charge in [0, 0.05) is 12.4 Å². The lowest BCUT2D eigenvalue weighted by Crippen LogP contribution is -2.31. The molecule has 7 heteroatoms. The van der Waals surface area contributed by atoms with Gasteiger partial charge in [-0.25, -0.2) is 4.79 Å². The summed E-state index contributed by atoms with van der Waals surface area (Å²) in [4.78, 5) is 27.4. The van der Waals surface area contributed by atoms with E-state index in [0.717, 1.165) is 5.56 Å².